The highest BCUT2D eigenvalue weighted by Crippen LogP contribution is 2.18. The Morgan fingerprint density at radius 3 is 2.52 bits per heavy atom. The first-order valence-corrected chi connectivity index (χ1v) is 8.07. The van der Waals surface area contributed by atoms with Crippen LogP contribution < -0.4 is 5.32 Å². The molecule has 0 unspecified atom stereocenters. The molecule has 0 aliphatic carbocycles. The Labute approximate surface area is 148 Å². The van der Waals surface area contributed by atoms with Crippen molar-refractivity contribution in [2.75, 3.05) is 6.54 Å². The van der Waals surface area contributed by atoms with E-state index >= 15 is 0 Å². The Morgan fingerprint density at radius 1 is 1.08 bits per heavy atom. The number of hydrogen-bond acceptors (Lipinski definition) is 4. The van der Waals surface area contributed by atoms with Gasteiger partial charge in [-0.05, 0) is 42.0 Å². The van der Waals surface area contributed by atoms with E-state index in [1.165, 1.54) is 12.1 Å². The lowest BCUT2D eigenvalue weighted by Crippen LogP contribution is -2.27. The number of amides is 1. The van der Waals surface area contributed by atoms with Crippen molar-refractivity contribution < 1.29 is 13.6 Å². The zero-order valence-corrected chi connectivity index (χ0v) is 14.0. The van der Waals surface area contributed by atoms with Gasteiger partial charge in [0.2, 0.25) is 17.7 Å². The summed E-state index contributed by atoms with van der Waals surface area (Å²) in [6.07, 6.45) is 0.697. The van der Waals surface area contributed by atoms with Crippen molar-refractivity contribution in [1.29, 1.82) is 0 Å². The van der Waals surface area contributed by atoms with Gasteiger partial charge < -0.3 is 9.73 Å². The number of halogens is 2. The van der Waals surface area contributed by atoms with E-state index < -0.39 is 0 Å². The van der Waals surface area contributed by atoms with Crippen LogP contribution >= 0.6 is 11.6 Å². The summed E-state index contributed by atoms with van der Waals surface area (Å²) < 4.78 is 18.4. The standard InChI is InChI=1S/C18H15ClFN3O2/c19-14-5-1-12(2-6-14)11-16(24)21-10-9-17-22-23-18(25-17)13-3-7-15(20)8-4-13/h1-8H,9-11H2,(H,21,24). The van der Waals surface area contributed by atoms with Crippen molar-refractivity contribution in [3.63, 3.8) is 0 Å². The summed E-state index contributed by atoms with van der Waals surface area (Å²) in [5, 5.41) is 11.3. The minimum Gasteiger partial charge on any atom is -0.421 e. The summed E-state index contributed by atoms with van der Waals surface area (Å²) in [5.74, 6) is 0.307. The monoisotopic (exact) mass is 359 g/mol. The van der Waals surface area contributed by atoms with Gasteiger partial charge in [0.1, 0.15) is 5.82 Å². The van der Waals surface area contributed by atoms with Crippen molar-refractivity contribution in [2.45, 2.75) is 12.8 Å². The molecule has 2 aromatic carbocycles. The van der Waals surface area contributed by atoms with Crippen LogP contribution in [-0.4, -0.2) is 22.6 Å². The van der Waals surface area contributed by atoms with Crippen molar-refractivity contribution >= 4 is 17.5 Å². The molecule has 0 fully saturated rings. The van der Waals surface area contributed by atoms with Crippen LogP contribution in [-0.2, 0) is 17.6 Å². The van der Waals surface area contributed by atoms with Gasteiger partial charge in [0.25, 0.3) is 0 Å². The van der Waals surface area contributed by atoms with Gasteiger partial charge in [0.05, 0.1) is 6.42 Å². The van der Waals surface area contributed by atoms with Crippen molar-refractivity contribution in [3.05, 3.63) is 70.8 Å². The lowest BCUT2D eigenvalue weighted by atomic mass is 10.1. The van der Waals surface area contributed by atoms with Crippen LogP contribution in [0.25, 0.3) is 11.5 Å². The Kier molecular flexibility index (Phi) is 5.40. The number of benzene rings is 2. The smallest absolute Gasteiger partial charge is 0.247 e. The zero-order valence-electron chi connectivity index (χ0n) is 13.2. The fourth-order valence-electron chi connectivity index (χ4n) is 2.22. The fourth-order valence-corrected chi connectivity index (χ4v) is 2.35. The average Bonchev–Trinajstić information content (AvgIpc) is 3.06. The normalized spacial score (nSPS) is 10.6. The number of hydrogen-bond donors (Lipinski definition) is 1. The maximum absolute atomic E-state index is 12.9. The highest BCUT2D eigenvalue weighted by molar-refractivity contribution is 6.30. The van der Waals surface area contributed by atoms with Crippen molar-refractivity contribution in [3.8, 4) is 11.5 Å². The van der Waals surface area contributed by atoms with Gasteiger partial charge in [-0.2, -0.15) is 0 Å². The Hall–Kier alpha value is -2.73. The molecule has 0 aliphatic heterocycles. The number of carbonyl (C=O) groups excluding carboxylic acids is 1. The van der Waals surface area contributed by atoms with E-state index in [0.29, 0.717) is 35.3 Å². The topological polar surface area (TPSA) is 68.0 Å². The van der Waals surface area contributed by atoms with E-state index in [1.54, 1.807) is 24.3 Å². The van der Waals surface area contributed by atoms with Gasteiger partial charge in [0, 0.05) is 23.6 Å². The molecule has 3 rings (SSSR count). The van der Waals surface area contributed by atoms with E-state index in [2.05, 4.69) is 15.5 Å². The quantitative estimate of drug-likeness (QED) is 0.732. The van der Waals surface area contributed by atoms with Crippen LogP contribution in [0, 0.1) is 5.82 Å². The molecule has 0 saturated heterocycles. The molecule has 25 heavy (non-hydrogen) atoms. The summed E-state index contributed by atoms with van der Waals surface area (Å²) in [4.78, 5) is 11.9. The molecule has 7 heteroatoms. The summed E-state index contributed by atoms with van der Waals surface area (Å²) in [6.45, 7) is 0.386. The van der Waals surface area contributed by atoms with Gasteiger partial charge in [-0.15, -0.1) is 10.2 Å². The molecule has 0 radical (unpaired) electrons. The highest BCUT2D eigenvalue weighted by atomic mass is 35.5. The number of aromatic nitrogens is 2. The average molecular weight is 360 g/mol. The molecule has 3 aromatic rings. The molecule has 0 aliphatic rings. The van der Waals surface area contributed by atoms with Crippen LogP contribution in [0.4, 0.5) is 4.39 Å². The predicted octanol–water partition coefficient (Wildman–Crippen LogP) is 3.43. The van der Waals surface area contributed by atoms with Crippen LogP contribution in [0.15, 0.2) is 52.9 Å². The second-order valence-electron chi connectivity index (χ2n) is 5.41. The molecule has 0 saturated carbocycles. The molecular formula is C18H15ClFN3O2. The lowest BCUT2D eigenvalue weighted by Gasteiger charge is -2.04. The van der Waals surface area contributed by atoms with Gasteiger partial charge >= 0.3 is 0 Å². The van der Waals surface area contributed by atoms with E-state index in [4.69, 9.17) is 16.0 Å². The minimum absolute atomic E-state index is 0.0967. The largest absolute Gasteiger partial charge is 0.421 e. The summed E-state index contributed by atoms with van der Waals surface area (Å²) >= 11 is 5.81. The van der Waals surface area contributed by atoms with Gasteiger partial charge in [-0.1, -0.05) is 23.7 Å². The van der Waals surface area contributed by atoms with Crippen LogP contribution in [0.1, 0.15) is 11.5 Å². The van der Waals surface area contributed by atoms with E-state index in [9.17, 15) is 9.18 Å². The third-order valence-corrected chi connectivity index (χ3v) is 3.75. The SMILES string of the molecule is O=C(Cc1ccc(Cl)cc1)NCCc1nnc(-c2ccc(F)cc2)o1. The molecular weight excluding hydrogens is 345 g/mol. The molecule has 0 atom stereocenters. The second kappa shape index (κ2) is 7.90. The number of nitrogens with zero attached hydrogens (tertiary/aromatic N) is 2. The number of rotatable bonds is 6. The van der Waals surface area contributed by atoms with E-state index in [1.807, 2.05) is 12.1 Å². The Balaban J connectivity index is 1.48. The first kappa shape index (κ1) is 17.1. The maximum Gasteiger partial charge on any atom is 0.247 e. The third-order valence-electron chi connectivity index (χ3n) is 3.50. The molecule has 0 spiro atoms. The Morgan fingerprint density at radius 2 is 1.80 bits per heavy atom. The van der Waals surface area contributed by atoms with Crippen molar-refractivity contribution in [1.82, 2.24) is 15.5 Å². The van der Waals surface area contributed by atoms with E-state index in [-0.39, 0.29) is 18.1 Å². The molecule has 5 nitrogen and oxygen atoms in total. The first-order valence-electron chi connectivity index (χ1n) is 7.69. The van der Waals surface area contributed by atoms with Crippen LogP contribution in [0.2, 0.25) is 5.02 Å². The lowest BCUT2D eigenvalue weighted by molar-refractivity contribution is -0.120. The Bertz CT molecular complexity index is 848. The summed E-state index contributed by atoms with van der Waals surface area (Å²) in [5.41, 5.74) is 1.53. The van der Waals surface area contributed by atoms with Gasteiger partial charge in [0.15, 0.2) is 0 Å². The van der Waals surface area contributed by atoms with Crippen molar-refractivity contribution in [2.24, 2.45) is 0 Å². The highest BCUT2D eigenvalue weighted by Gasteiger charge is 2.09. The zero-order chi connectivity index (χ0) is 17.6. The minimum atomic E-state index is -0.327. The van der Waals surface area contributed by atoms with Crippen LogP contribution in [0.5, 0.6) is 0 Å². The third kappa shape index (κ3) is 4.87. The molecule has 128 valence electrons. The molecule has 1 heterocycles. The predicted molar refractivity (Wildman–Crippen MR) is 91.6 cm³/mol. The maximum atomic E-state index is 12.9. The summed E-state index contributed by atoms with van der Waals surface area (Å²) in [7, 11) is 0. The summed E-state index contributed by atoms with van der Waals surface area (Å²) in [6, 6.07) is 12.9. The van der Waals surface area contributed by atoms with Gasteiger partial charge in [-0.25, -0.2) is 4.39 Å². The second-order valence-corrected chi connectivity index (χ2v) is 5.85. The molecule has 1 amide bonds. The fraction of sp³-hybridized carbons (Fsp3) is 0.167. The van der Waals surface area contributed by atoms with E-state index in [0.717, 1.165) is 5.56 Å². The molecule has 1 N–H and O–H groups in total. The first-order chi connectivity index (χ1) is 12.1. The number of carbonyl (C=O) groups is 1. The molecule has 1 aromatic heterocycles. The number of nitrogens with one attached hydrogen (secondary N) is 1. The van der Waals surface area contributed by atoms with Crippen LogP contribution in [0.3, 0.4) is 0 Å². The van der Waals surface area contributed by atoms with Gasteiger partial charge in [-0.3, -0.25) is 4.79 Å². The molecule has 0 bridgehead atoms.